The zero-order valence-corrected chi connectivity index (χ0v) is 7.19. The molecule has 0 aromatic heterocycles. The summed E-state index contributed by atoms with van der Waals surface area (Å²) in [6.07, 6.45) is 5.37. The SMILES string of the molecule is C=C1C[C@H](C)CCC1CC. The van der Waals surface area contributed by atoms with Gasteiger partial charge >= 0.3 is 0 Å². The van der Waals surface area contributed by atoms with E-state index in [4.69, 9.17) is 0 Å². The van der Waals surface area contributed by atoms with Gasteiger partial charge in [0.15, 0.2) is 0 Å². The van der Waals surface area contributed by atoms with Gasteiger partial charge in [0, 0.05) is 0 Å². The van der Waals surface area contributed by atoms with Crippen LogP contribution in [0.1, 0.15) is 39.5 Å². The topological polar surface area (TPSA) is 0 Å². The summed E-state index contributed by atoms with van der Waals surface area (Å²) in [5, 5.41) is 0. The third-order valence-electron chi connectivity index (χ3n) is 2.69. The first kappa shape index (κ1) is 7.84. The third-order valence-corrected chi connectivity index (χ3v) is 2.69. The van der Waals surface area contributed by atoms with Crippen LogP contribution < -0.4 is 0 Å². The van der Waals surface area contributed by atoms with Crippen LogP contribution in [0.5, 0.6) is 0 Å². The van der Waals surface area contributed by atoms with Gasteiger partial charge in [0.25, 0.3) is 0 Å². The highest BCUT2D eigenvalue weighted by Crippen LogP contribution is 2.33. The minimum absolute atomic E-state index is 0.844. The maximum atomic E-state index is 4.12. The van der Waals surface area contributed by atoms with E-state index in [1.54, 1.807) is 0 Å². The molecular formula is C10H18. The summed E-state index contributed by atoms with van der Waals surface area (Å²) in [5.74, 6) is 1.74. The number of rotatable bonds is 1. The largest absolute Gasteiger partial charge is 0.0996 e. The van der Waals surface area contributed by atoms with Crippen LogP contribution in [-0.2, 0) is 0 Å². The zero-order chi connectivity index (χ0) is 7.56. The van der Waals surface area contributed by atoms with Crippen molar-refractivity contribution in [2.75, 3.05) is 0 Å². The molecular weight excluding hydrogens is 120 g/mol. The molecule has 0 aliphatic heterocycles. The fourth-order valence-corrected chi connectivity index (χ4v) is 1.90. The van der Waals surface area contributed by atoms with Crippen LogP contribution in [-0.4, -0.2) is 0 Å². The summed E-state index contributed by atoms with van der Waals surface area (Å²) in [6.45, 7) is 8.72. The molecule has 1 aliphatic carbocycles. The zero-order valence-electron chi connectivity index (χ0n) is 7.19. The van der Waals surface area contributed by atoms with E-state index in [1.807, 2.05) is 0 Å². The minimum atomic E-state index is 0.844. The quantitative estimate of drug-likeness (QED) is 0.487. The number of hydrogen-bond donors (Lipinski definition) is 0. The molecule has 1 unspecified atom stereocenters. The van der Waals surface area contributed by atoms with Crippen molar-refractivity contribution in [1.82, 2.24) is 0 Å². The molecule has 0 N–H and O–H groups in total. The van der Waals surface area contributed by atoms with Crippen molar-refractivity contribution in [1.29, 1.82) is 0 Å². The van der Waals surface area contributed by atoms with Crippen molar-refractivity contribution < 1.29 is 0 Å². The van der Waals surface area contributed by atoms with Gasteiger partial charge in [-0.25, -0.2) is 0 Å². The molecule has 0 saturated heterocycles. The second-order valence-electron chi connectivity index (χ2n) is 3.65. The summed E-state index contributed by atoms with van der Waals surface area (Å²) in [5.41, 5.74) is 1.50. The van der Waals surface area contributed by atoms with E-state index in [-0.39, 0.29) is 0 Å². The van der Waals surface area contributed by atoms with E-state index >= 15 is 0 Å². The van der Waals surface area contributed by atoms with Gasteiger partial charge in [0.2, 0.25) is 0 Å². The first-order valence-electron chi connectivity index (χ1n) is 4.41. The van der Waals surface area contributed by atoms with Crippen LogP contribution in [0.25, 0.3) is 0 Å². The van der Waals surface area contributed by atoms with Gasteiger partial charge in [0.05, 0.1) is 0 Å². The van der Waals surface area contributed by atoms with Gasteiger partial charge < -0.3 is 0 Å². The highest BCUT2D eigenvalue weighted by atomic mass is 14.2. The molecule has 0 bridgehead atoms. The summed E-state index contributed by atoms with van der Waals surface area (Å²) in [6, 6.07) is 0. The number of hydrogen-bond acceptors (Lipinski definition) is 0. The van der Waals surface area contributed by atoms with Crippen molar-refractivity contribution in [3.05, 3.63) is 12.2 Å². The maximum absolute atomic E-state index is 4.12. The predicted molar refractivity (Wildman–Crippen MR) is 45.9 cm³/mol. The molecule has 0 nitrogen and oxygen atoms in total. The van der Waals surface area contributed by atoms with Crippen LogP contribution in [0.3, 0.4) is 0 Å². The fraction of sp³-hybridized carbons (Fsp3) is 0.800. The summed E-state index contributed by atoms with van der Waals surface area (Å²) in [4.78, 5) is 0. The smallest absolute Gasteiger partial charge is 0.0208 e. The van der Waals surface area contributed by atoms with Gasteiger partial charge in [-0.05, 0) is 37.5 Å². The highest BCUT2D eigenvalue weighted by Gasteiger charge is 2.19. The average Bonchev–Trinajstić information content (AvgIpc) is 1.88. The molecule has 1 rings (SSSR count). The van der Waals surface area contributed by atoms with Crippen LogP contribution in [0.4, 0.5) is 0 Å². The predicted octanol–water partition coefficient (Wildman–Crippen LogP) is 3.39. The van der Waals surface area contributed by atoms with Gasteiger partial charge in [-0.3, -0.25) is 0 Å². The van der Waals surface area contributed by atoms with E-state index in [9.17, 15) is 0 Å². The van der Waals surface area contributed by atoms with Gasteiger partial charge in [-0.1, -0.05) is 26.0 Å². The molecule has 0 aromatic rings. The fourth-order valence-electron chi connectivity index (χ4n) is 1.90. The Balaban J connectivity index is 2.43. The Hall–Kier alpha value is -0.260. The number of allylic oxidation sites excluding steroid dienone is 1. The highest BCUT2D eigenvalue weighted by molar-refractivity contribution is 5.04. The average molecular weight is 138 g/mol. The molecule has 1 aliphatic rings. The first-order valence-corrected chi connectivity index (χ1v) is 4.41. The van der Waals surface area contributed by atoms with E-state index < -0.39 is 0 Å². The molecule has 1 saturated carbocycles. The Kier molecular flexibility index (Phi) is 2.53. The normalized spacial score (nSPS) is 34.4. The maximum Gasteiger partial charge on any atom is -0.0208 e. The second-order valence-corrected chi connectivity index (χ2v) is 3.65. The van der Waals surface area contributed by atoms with E-state index in [0.717, 1.165) is 11.8 Å². The van der Waals surface area contributed by atoms with E-state index in [1.165, 1.54) is 31.3 Å². The standard InChI is InChI=1S/C10H18/c1-4-10-6-5-8(2)7-9(10)3/h8,10H,3-7H2,1-2H3/t8-,10?/m1/s1. The van der Waals surface area contributed by atoms with Crippen LogP contribution >= 0.6 is 0 Å². The Labute approximate surface area is 64.3 Å². The molecule has 2 atom stereocenters. The lowest BCUT2D eigenvalue weighted by Crippen LogP contribution is -2.13. The van der Waals surface area contributed by atoms with Gasteiger partial charge in [0.1, 0.15) is 0 Å². The Morgan fingerprint density at radius 2 is 2.20 bits per heavy atom. The van der Waals surface area contributed by atoms with E-state index in [2.05, 4.69) is 20.4 Å². The van der Waals surface area contributed by atoms with Crippen molar-refractivity contribution >= 4 is 0 Å². The molecule has 0 spiro atoms. The molecule has 10 heavy (non-hydrogen) atoms. The van der Waals surface area contributed by atoms with Gasteiger partial charge in [-0.2, -0.15) is 0 Å². The van der Waals surface area contributed by atoms with Gasteiger partial charge in [-0.15, -0.1) is 0 Å². The van der Waals surface area contributed by atoms with Crippen molar-refractivity contribution in [2.24, 2.45) is 11.8 Å². The summed E-state index contributed by atoms with van der Waals surface area (Å²) < 4.78 is 0. The second kappa shape index (κ2) is 3.23. The molecule has 0 aromatic carbocycles. The molecule has 0 radical (unpaired) electrons. The Morgan fingerprint density at radius 3 is 2.70 bits per heavy atom. The lowest BCUT2D eigenvalue weighted by Gasteiger charge is -2.27. The molecule has 1 fully saturated rings. The molecule has 58 valence electrons. The first-order chi connectivity index (χ1) is 4.74. The molecule has 0 heteroatoms. The van der Waals surface area contributed by atoms with Crippen molar-refractivity contribution in [3.63, 3.8) is 0 Å². The van der Waals surface area contributed by atoms with E-state index in [0.29, 0.717) is 0 Å². The summed E-state index contributed by atoms with van der Waals surface area (Å²) >= 11 is 0. The lowest BCUT2D eigenvalue weighted by molar-refractivity contribution is 0.364. The van der Waals surface area contributed by atoms with Crippen LogP contribution in [0.15, 0.2) is 12.2 Å². The third kappa shape index (κ3) is 1.62. The lowest BCUT2D eigenvalue weighted by atomic mass is 9.78. The monoisotopic (exact) mass is 138 g/mol. The van der Waals surface area contributed by atoms with Crippen LogP contribution in [0.2, 0.25) is 0 Å². The van der Waals surface area contributed by atoms with Crippen molar-refractivity contribution in [2.45, 2.75) is 39.5 Å². The minimum Gasteiger partial charge on any atom is -0.0996 e. The summed E-state index contributed by atoms with van der Waals surface area (Å²) in [7, 11) is 0. The van der Waals surface area contributed by atoms with Crippen molar-refractivity contribution in [3.8, 4) is 0 Å². The molecule has 0 amide bonds. The molecule has 0 heterocycles. The Bertz CT molecular complexity index is 124. The van der Waals surface area contributed by atoms with Crippen LogP contribution in [0, 0.1) is 11.8 Å². The Morgan fingerprint density at radius 1 is 1.50 bits per heavy atom.